The van der Waals surface area contributed by atoms with Crippen molar-refractivity contribution in [3.63, 3.8) is 0 Å². The zero-order valence-corrected chi connectivity index (χ0v) is 15.3. The zero-order chi connectivity index (χ0) is 18.7. The molecule has 0 aliphatic heterocycles. The number of carbonyl (C=O) groups excluding carboxylic acids is 1. The molecular formula is C18H17FN4O2S. The van der Waals surface area contributed by atoms with Crippen LogP contribution in [0.25, 0.3) is 23.5 Å². The van der Waals surface area contributed by atoms with Gasteiger partial charge in [0, 0.05) is 11.6 Å². The smallest absolute Gasteiger partial charge is 0.263 e. The lowest BCUT2D eigenvalue weighted by Gasteiger charge is -2.05. The number of halogens is 1. The molecule has 0 bridgehead atoms. The largest absolute Gasteiger partial charge is 0.360 e. The molecule has 0 unspecified atom stereocenters. The van der Waals surface area contributed by atoms with Crippen LogP contribution in [0.15, 0.2) is 29.0 Å². The summed E-state index contributed by atoms with van der Waals surface area (Å²) in [5.74, 6) is 0.0484. The minimum atomic E-state index is -0.416. The summed E-state index contributed by atoms with van der Waals surface area (Å²) in [7, 11) is 0. The molecule has 3 heterocycles. The molecule has 0 aromatic carbocycles. The molecule has 3 aromatic rings. The maximum absolute atomic E-state index is 13.1. The molecule has 0 fully saturated rings. The maximum atomic E-state index is 13.1. The number of rotatable bonds is 5. The van der Waals surface area contributed by atoms with Crippen molar-refractivity contribution >= 4 is 29.4 Å². The van der Waals surface area contributed by atoms with Gasteiger partial charge in [-0.3, -0.25) is 9.78 Å². The van der Waals surface area contributed by atoms with Gasteiger partial charge in [-0.25, -0.2) is 9.37 Å². The van der Waals surface area contributed by atoms with E-state index in [1.165, 1.54) is 17.4 Å². The normalized spacial score (nSPS) is 11.4. The summed E-state index contributed by atoms with van der Waals surface area (Å²) in [4.78, 5) is 20.8. The van der Waals surface area contributed by atoms with E-state index < -0.39 is 5.82 Å². The van der Waals surface area contributed by atoms with Crippen molar-refractivity contribution in [3.8, 4) is 11.4 Å². The summed E-state index contributed by atoms with van der Waals surface area (Å²) in [6, 6.07) is 2.93. The fraction of sp³-hybridized carbons (Fsp3) is 0.222. The van der Waals surface area contributed by atoms with Crippen LogP contribution in [0.4, 0.5) is 4.39 Å². The van der Waals surface area contributed by atoms with Gasteiger partial charge in [-0.1, -0.05) is 5.16 Å². The molecule has 0 spiro atoms. The molecule has 1 N–H and O–H groups in total. The number of aromatic nitrogens is 3. The topological polar surface area (TPSA) is 80.9 Å². The van der Waals surface area contributed by atoms with Gasteiger partial charge >= 0.3 is 0 Å². The molecule has 134 valence electrons. The second-order valence-electron chi connectivity index (χ2n) is 5.89. The van der Waals surface area contributed by atoms with E-state index in [0.717, 1.165) is 11.8 Å². The molecule has 26 heavy (non-hydrogen) atoms. The van der Waals surface area contributed by atoms with Crippen LogP contribution >= 0.6 is 11.3 Å². The third-order valence-electron chi connectivity index (χ3n) is 3.44. The summed E-state index contributed by atoms with van der Waals surface area (Å²) < 4.78 is 18.3. The van der Waals surface area contributed by atoms with Crippen LogP contribution in [0.2, 0.25) is 0 Å². The van der Waals surface area contributed by atoms with Crippen LogP contribution in [-0.2, 0) is 0 Å². The SMILES string of the molecule is Cc1onc(-c2ccc(F)cn2)c1C=Cc1ncc(C(=O)NC(C)C)s1. The predicted molar refractivity (Wildman–Crippen MR) is 98.1 cm³/mol. The van der Waals surface area contributed by atoms with E-state index in [0.29, 0.717) is 27.0 Å². The van der Waals surface area contributed by atoms with Gasteiger partial charge in [0.25, 0.3) is 5.91 Å². The van der Waals surface area contributed by atoms with Crippen LogP contribution in [0.5, 0.6) is 0 Å². The van der Waals surface area contributed by atoms with Crippen LogP contribution in [0.1, 0.15) is 39.9 Å². The van der Waals surface area contributed by atoms with E-state index in [2.05, 4.69) is 20.4 Å². The fourth-order valence-electron chi connectivity index (χ4n) is 2.23. The van der Waals surface area contributed by atoms with Gasteiger partial charge in [-0.15, -0.1) is 11.3 Å². The Bertz CT molecular complexity index is 945. The van der Waals surface area contributed by atoms with Crippen molar-refractivity contribution in [1.29, 1.82) is 0 Å². The summed E-state index contributed by atoms with van der Waals surface area (Å²) in [5, 5.41) is 7.51. The lowest BCUT2D eigenvalue weighted by Crippen LogP contribution is -2.29. The van der Waals surface area contributed by atoms with Crippen molar-refractivity contribution in [2.24, 2.45) is 0 Å². The molecule has 1 amide bonds. The molecule has 3 rings (SSSR count). The molecular weight excluding hydrogens is 355 g/mol. The van der Waals surface area contributed by atoms with E-state index >= 15 is 0 Å². The average molecular weight is 372 g/mol. The van der Waals surface area contributed by atoms with Crippen molar-refractivity contribution in [3.05, 3.63) is 51.6 Å². The molecule has 6 nitrogen and oxygen atoms in total. The van der Waals surface area contributed by atoms with Crippen LogP contribution < -0.4 is 5.32 Å². The molecule has 8 heteroatoms. The van der Waals surface area contributed by atoms with Crippen molar-refractivity contribution < 1.29 is 13.7 Å². The number of pyridine rings is 1. The van der Waals surface area contributed by atoms with Gasteiger partial charge < -0.3 is 9.84 Å². The highest BCUT2D eigenvalue weighted by Crippen LogP contribution is 2.26. The Kier molecular flexibility index (Phi) is 5.22. The van der Waals surface area contributed by atoms with Gasteiger partial charge in [-0.2, -0.15) is 0 Å². The zero-order valence-electron chi connectivity index (χ0n) is 14.5. The molecule has 0 radical (unpaired) electrons. The van der Waals surface area contributed by atoms with E-state index in [1.807, 2.05) is 13.8 Å². The molecule has 0 aliphatic carbocycles. The highest BCUT2D eigenvalue weighted by atomic mass is 32.1. The Morgan fingerprint density at radius 2 is 2.08 bits per heavy atom. The van der Waals surface area contributed by atoms with E-state index in [9.17, 15) is 9.18 Å². The van der Waals surface area contributed by atoms with Crippen molar-refractivity contribution in [2.75, 3.05) is 0 Å². The molecule has 0 atom stereocenters. The quantitative estimate of drug-likeness (QED) is 0.733. The van der Waals surface area contributed by atoms with E-state index in [4.69, 9.17) is 4.52 Å². The number of hydrogen-bond donors (Lipinski definition) is 1. The number of hydrogen-bond acceptors (Lipinski definition) is 6. The standard InChI is InChI=1S/C18H17FN4O2S/c1-10(2)22-18(24)15-9-21-16(26-15)7-5-13-11(3)25-23-17(13)14-6-4-12(19)8-20-14/h4-10H,1-3H3,(H,22,24). The lowest BCUT2D eigenvalue weighted by atomic mass is 10.1. The Balaban J connectivity index is 1.83. The minimum absolute atomic E-state index is 0.0639. The van der Waals surface area contributed by atoms with Crippen molar-refractivity contribution in [1.82, 2.24) is 20.4 Å². The molecule has 3 aromatic heterocycles. The number of nitrogens with one attached hydrogen (secondary N) is 1. The highest BCUT2D eigenvalue weighted by molar-refractivity contribution is 7.14. The van der Waals surface area contributed by atoms with Crippen LogP contribution in [0, 0.1) is 12.7 Å². The first-order valence-corrected chi connectivity index (χ1v) is 8.78. The molecule has 0 saturated carbocycles. The van der Waals surface area contributed by atoms with Crippen molar-refractivity contribution in [2.45, 2.75) is 26.8 Å². The van der Waals surface area contributed by atoms with Gasteiger partial charge in [-0.05, 0) is 45.1 Å². The van der Waals surface area contributed by atoms with Gasteiger partial charge in [0.05, 0.1) is 18.1 Å². The number of carbonyl (C=O) groups is 1. The summed E-state index contributed by atoms with van der Waals surface area (Å²) in [6.45, 7) is 5.59. The molecule has 0 aliphatic rings. The second-order valence-corrected chi connectivity index (χ2v) is 6.95. The van der Waals surface area contributed by atoms with E-state index in [1.54, 1.807) is 31.3 Å². The predicted octanol–water partition coefficient (Wildman–Crippen LogP) is 3.95. The maximum Gasteiger partial charge on any atom is 0.263 e. The highest BCUT2D eigenvalue weighted by Gasteiger charge is 2.14. The van der Waals surface area contributed by atoms with Gasteiger partial charge in [0.15, 0.2) is 0 Å². The summed E-state index contributed by atoms with van der Waals surface area (Å²) >= 11 is 1.29. The Labute approximate surface area is 153 Å². The number of aryl methyl sites for hydroxylation is 1. The molecule has 0 saturated heterocycles. The average Bonchev–Trinajstić information content (AvgIpc) is 3.20. The van der Waals surface area contributed by atoms with Gasteiger partial charge in [0.1, 0.15) is 27.2 Å². The number of amides is 1. The third-order valence-corrected chi connectivity index (χ3v) is 4.40. The van der Waals surface area contributed by atoms with Gasteiger partial charge in [0.2, 0.25) is 0 Å². The number of nitrogens with zero attached hydrogens (tertiary/aromatic N) is 3. The second kappa shape index (κ2) is 7.57. The summed E-state index contributed by atoms with van der Waals surface area (Å²) in [6.07, 6.45) is 6.26. The Hall–Kier alpha value is -2.87. The first-order chi connectivity index (χ1) is 12.4. The fourth-order valence-corrected chi connectivity index (χ4v) is 2.96. The lowest BCUT2D eigenvalue weighted by molar-refractivity contribution is 0.0947. The Morgan fingerprint density at radius 3 is 2.77 bits per heavy atom. The first kappa shape index (κ1) is 17.9. The monoisotopic (exact) mass is 372 g/mol. The Morgan fingerprint density at radius 1 is 1.27 bits per heavy atom. The number of thiazole rings is 1. The summed E-state index contributed by atoms with van der Waals surface area (Å²) in [5.41, 5.74) is 1.76. The minimum Gasteiger partial charge on any atom is -0.360 e. The van der Waals surface area contributed by atoms with Crippen LogP contribution in [-0.4, -0.2) is 27.1 Å². The third kappa shape index (κ3) is 4.02. The van der Waals surface area contributed by atoms with Crippen LogP contribution in [0.3, 0.4) is 0 Å². The van der Waals surface area contributed by atoms with E-state index in [-0.39, 0.29) is 11.9 Å². The first-order valence-electron chi connectivity index (χ1n) is 7.97.